The van der Waals surface area contributed by atoms with Crippen LogP contribution in [0.15, 0.2) is 42.5 Å². The first-order chi connectivity index (χ1) is 9.45. The highest BCUT2D eigenvalue weighted by molar-refractivity contribution is 14.1. The number of hydrogen-bond acceptors (Lipinski definition) is 1. The van der Waals surface area contributed by atoms with Crippen molar-refractivity contribution in [3.63, 3.8) is 0 Å². The fourth-order valence-corrected chi connectivity index (χ4v) is 2.55. The fraction of sp³-hybridized carbons (Fsp3) is 0.0714. The third kappa shape index (κ3) is 2.39. The second-order valence-corrected chi connectivity index (χ2v) is 5.46. The molecule has 20 heavy (non-hydrogen) atoms. The van der Waals surface area contributed by atoms with E-state index in [-0.39, 0.29) is 0 Å². The highest BCUT2D eigenvalue weighted by Gasteiger charge is 2.31. The Labute approximate surface area is 126 Å². The maximum atomic E-state index is 12.8. The number of aromatic nitrogens is 2. The molecule has 0 aliphatic carbocycles. The minimum Gasteiger partial charge on any atom is -0.338 e. The van der Waals surface area contributed by atoms with Crippen LogP contribution in [0.3, 0.4) is 0 Å². The lowest BCUT2D eigenvalue weighted by Crippen LogP contribution is -2.05. The molecular weight excluding hydrogens is 380 g/mol. The molecule has 0 fully saturated rings. The van der Waals surface area contributed by atoms with Crippen molar-refractivity contribution in [1.82, 2.24) is 9.97 Å². The molecular formula is C14H8F3IN2. The molecule has 1 heterocycles. The van der Waals surface area contributed by atoms with Crippen LogP contribution in [0.2, 0.25) is 0 Å². The van der Waals surface area contributed by atoms with Gasteiger partial charge in [-0.2, -0.15) is 13.2 Å². The molecule has 0 aliphatic heterocycles. The zero-order valence-corrected chi connectivity index (χ0v) is 12.2. The number of benzene rings is 2. The smallest absolute Gasteiger partial charge is 0.338 e. The summed E-state index contributed by atoms with van der Waals surface area (Å²) >= 11 is 2.01. The normalized spacial score (nSPS) is 12.0. The van der Waals surface area contributed by atoms with E-state index in [2.05, 4.69) is 9.97 Å². The van der Waals surface area contributed by atoms with Crippen molar-refractivity contribution in [3.8, 4) is 11.4 Å². The zero-order valence-electron chi connectivity index (χ0n) is 10.0. The molecule has 1 N–H and O–H groups in total. The van der Waals surface area contributed by atoms with Crippen LogP contribution < -0.4 is 0 Å². The quantitative estimate of drug-likeness (QED) is 0.593. The van der Waals surface area contributed by atoms with Crippen LogP contribution in [0.1, 0.15) is 5.56 Å². The van der Waals surface area contributed by atoms with Crippen molar-refractivity contribution in [1.29, 1.82) is 0 Å². The topological polar surface area (TPSA) is 28.7 Å². The molecule has 1 aromatic heterocycles. The van der Waals surface area contributed by atoms with E-state index < -0.39 is 11.7 Å². The summed E-state index contributed by atoms with van der Waals surface area (Å²) in [6, 6.07) is 11.0. The monoisotopic (exact) mass is 388 g/mol. The average Bonchev–Trinajstić information content (AvgIpc) is 2.81. The van der Waals surface area contributed by atoms with Crippen molar-refractivity contribution in [2.45, 2.75) is 6.18 Å². The van der Waals surface area contributed by atoms with Crippen LogP contribution in [-0.2, 0) is 6.18 Å². The van der Waals surface area contributed by atoms with E-state index in [9.17, 15) is 13.2 Å². The number of para-hydroxylation sites is 2. The summed E-state index contributed by atoms with van der Waals surface area (Å²) in [4.78, 5) is 7.39. The average molecular weight is 388 g/mol. The number of hydrogen-bond donors (Lipinski definition) is 1. The highest BCUT2D eigenvalue weighted by atomic mass is 127. The molecule has 102 valence electrons. The van der Waals surface area contributed by atoms with E-state index in [1.165, 1.54) is 6.07 Å². The molecule has 0 spiro atoms. The number of imidazole rings is 1. The summed E-state index contributed by atoms with van der Waals surface area (Å²) < 4.78 is 39.1. The number of rotatable bonds is 1. The predicted octanol–water partition coefficient (Wildman–Crippen LogP) is 4.85. The van der Waals surface area contributed by atoms with Gasteiger partial charge in [-0.05, 0) is 52.9 Å². The second-order valence-electron chi connectivity index (χ2n) is 4.29. The number of nitrogens with one attached hydrogen (secondary N) is 1. The maximum absolute atomic E-state index is 12.8. The van der Waals surface area contributed by atoms with Crippen LogP contribution in [0.4, 0.5) is 13.2 Å². The Kier molecular flexibility index (Phi) is 3.19. The Morgan fingerprint density at radius 3 is 2.50 bits per heavy atom. The molecule has 2 nitrogen and oxygen atoms in total. The van der Waals surface area contributed by atoms with E-state index in [0.717, 1.165) is 26.7 Å². The summed E-state index contributed by atoms with van der Waals surface area (Å²) in [5.41, 5.74) is 1.32. The first kappa shape index (κ1) is 13.4. The lowest BCUT2D eigenvalue weighted by Gasteiger charge is -2.09. The molecule has 3 aromatic rings. The minimum absolute atomic E-state index is 0.446. The van der Waals surface area contributed by atoms with Crippen molar-refractivity contribution in [2.24, 2.45) is 0 Å². The van der Waals surface area contributed by atoms with Gasteiger partial charge in [0.2, 0.25) is 0 Å². The summed E-state index contributed by atoms with van der Waals surface area (Å²) in [5.74, 6) is 0.446. The zero-order chi connectivity index (χ0) is 14.3. The number of halogens is 4. The number of alkyl halides is 3. The van der Waals surface area contributed by atoms with Crippen LogP contribution in [0.5, 0.6) is 0 Å². The fourth-order valence-electron chi connectivity index (χ4n) is 1.96. The lowest BCUT2D eigenvalue weighted by atomic mass is 10.1. The van der Waals surface area contributed by atoms with Gasteiger partial charge < -0.3 is 4.98 Å². The third-order valence-electron chi connectivity index (χ3n) is 2.94. The highest BCUT2D eigenvalue weighted by Crippen LogP contribution is 2.34. The van der Waals surface area contributed by atoms with Crippen LogP contribution in [0.25, 0.3) is 22.4 Å². The molecule has 0 saturated carbocycles. The van der Waals surface area contributed by atoms with Gasteiger partial charge in [0.15, 0.2) is 0 Å². The van der Waals surface area contributed by atoms with Crippen LogP contribution in [0, 0.1) is 3.57 Å². The Bertz CT molecular complexity index is 744. The molecule has 0 bridgehead atoms. The second kappa shape index (κ2) is 4.76. The molecule has 0 radical (unpaired) electrons. The summed E-state index contributed by atoms with van der Waals surface area (Å²) in [6.45, 7) is 0. The van der Waals surface area contributed by atoms with Gasteiger partial charge in [-0.3, -0.25) is 0 Å². The summed E-state index contributed by atoms with van der Waals surface area (Å²) in [7, 11) is 0. The standard InChI is InChI=1S/C14H8F3IN2/c15-14(16,17)8-5-6-10(18)9(7-8)13-19-11-3-1-2-4-12(11)20-13/h1-7H,(H,19,20). The maximum Gasteiger partial charge on any atom is 0.416 e. The summed E-state index contributed by atoms with van der Waals surface area (Å²) in [6.07, 6.45) is -4.36. The minimum atomic E-state index is -4.36. The van der Waals surface area contributed by atoms with Gasteiger partial charge >= 0.3 is 6.18 Å². The SMILES string of the molecule is FC(F)(F)c1ccc(I)c(-c2nc3ccccc3[nH]2)c1. The van der Waals surface area contributed by atoms with E-state index in [0.29, 0.717) is 11.4 Å². The van der Waals surface area contributed by atoms with E-state index in [4.69, 9.17) is 0 Å². The van der Waals surface area contributed by atoms with Gasteiger partial charge in [-0.25, -0.2) is 4.98 Å². The summed E-state index contributed by atoms with van der Waals surface area (Å²) in [5, 5.41) is 0. The lowest BCUT2D eigenvalue weighted by molar-refractivity contribution is -0.137. The molecule has 2 aromatic carbocycles. The largest absolute Gasteiger partial charge is 0.416 e. The van der Waals surface area contributed by atoms with Crippen LogP contribution in [-0.4, -0.2) is 9.97 Å². The van der Waals surface area contributed by atoms with E-state index in [1.807, 2.05) is 46.9 Å². The predicted molar refractivity (Wildman–Crippen MR) is 79.2 cm³/mol. The van der Waals surface area contributed by atoms with Crippen molar-refractivity contribution >= 4 is 33.6 Å². The molecule has 0 saturated heterocycles. The molecule has 0 aliphatic rings. The number of fused-ring (bicyclic) bond motifs is 1. The molecule has 6 heteroatoms. The Morgan fingerprint density at radius 1 is 1.05 bits per heavy atom. The van der Waals surface area contributed by atoms with Gasteiger partial charge in [0, 0.05) is 9.13 Å². The Hall–Kier alpha value is -1.57. The van der Waals surface area contributed by atoms with E-state index in [1.54, 1.807) is 0 Å². The van der Waals surface area contributed by atoms with Crippen molar-refractivity contribution in [2.75, 3.05) is 0 Å². The van der Waals surface area contributed by atoms with Gasteiger partial charge in [0.25, 0.3) is 0 Å². The molecule has 0 amide bonds. The Balaban J connectivity index is 2.17. The first-order valence-electron chi connectivity index (χ1n) is 5.77. The Morgan fingerprint density at radius 2 is 1.80 bits per heavy atom. The van der Waals surface area contributed by atoms with Crippen molar-refractivity contribution in [3.05, 3.63) is 51.6 Å². The van der Waals surface area contributed by atoms with Crippen molar-refractivity contribution < 1.29 is 13.2 Å². The third-order valence-corrected chi connectivity index (χ3v) is 3.88. The molecule has 0 unspecified atom stereocenters. The number of aromatic amines is 1. The van der Waals surface area contributed by atoms with Gasteiger partial charge in [-0.1, -0.05) is 12.1 Å². The van der Waals surface area contributed by atoms with Gasteiger partial charge in [-0.15, -0.1) is 0 Å². The first-order valence-corrected chi connectivity index (χ1v) is 6.85. The number of H-pyrrole nitrogens is 1. The van der Waals surface area contributed by atoms with Gasteiger partial charge in [0.1, 0.15) is 5.82 Å². The van der Waals surface area contributed by atoms with Crippen LogP contribution >= 0.6 is 22.6 Å². The van der Waals surface area contributed by atoms with Gasteiger partial charge in [0.05, 0.1) is 16.6 Å². The van der Waals surface area contributed by atoms with E-state index >= 15 is 0 Å². The number of nitrogens with zero attached hydrogens (tertiary/aromatic N) is 1. The molecule has 0 atom stereocenters. The molecule has 3 rings (SSSR count).